The average Bonchev–Trinajstić information content (AvgIpc) is 3.22. The zero-order chi connectivity index (χ0) is 28.4. The number of carbonyl (C=O) groups is 1. The molecule has 0 fully saturated rings. The van der Waals surface area contributed by atoms with Crippen LogP contribution in [0.3, 0.4) is 0 Å². The van der Waals surface area contributed by atoms with E-state index >= 15 is 0 Å². The third-order valence-corrected chi connectivity index (χ3v) is 7.68. The number of para-hydroxylation sites is 1. The number of nitrogens with one attached hydrogen (secondary N) is 1. The van der Waals surface area contributed by atoms with E-state index in [1.54, 1.807) is 24.3 Å². The molecule has 0 bridgehead atoms. The Balaban J connectivity index is 1.36. The number of halogens is 3. The number of methoxy groups -OCH3 is 1. The molecule has 0 saturated heterocycles. The minimum absolute atomic E-state index is 0.0106. The van der Waals surface area contributed by atoms with Crippen LogP contribution in [0.2, 0.25) is 0 Å². The first kappa shape index (κ1) is 27.7. The lowest BCUT2D eigenvalue weighted by Crippen LogP contribution is -2.44. The van der Waals surface area contributed by atoms with Crippen molar-refractivity contribution in [2.45, 2.75) is 31.0 Å². The van der Waals surface area contributed by atoms with Gasteiger partial charge >= 0.3 is 6.18 Å². The molecular weight excluding hydrogens is 519 g/mol. The summed E-state index contributed by atoms with van der Waals surface area (Å²) in [6, 6.07) is 18.7. The van der Waals surface area contributed by atoms with E-state index in [0.717, 1.165) is 18.0 Å². The molecule has 2 N–H and O–H groups in total. The summed E-state index contributed by atoms with van der Waals surface area (Å²) in [5.74, 6) is -0.884. The van der Waals surface area contributed by atoms with Crippen molar-refractivity contribution in [2.24, 2.45) is 7.05 Å². The number of aryl methyl sites for hydroxylation is 1. The summed E-state index contributed by atoms with van der Waals surface area (Å²) in [6.07, 6.45) is -3.38. The standard InChI is InChI=1S/C31H32F3N3O3/c1-36-19-21(23-6-3-4-8-27(23)36)14-15-35-16-17-37-28-9-5-7-26(31(32,33)34)25(28)18-24(29(38)30(37)39)20-10-12-22(40-2)13-11-20/h3-13,19,24,29,35,38H,14-18H2,1-2H3/t24?,29-/m1/s1. The van der Waals surface area contributed by atoms with Crippen molar-refractivity contribution < 1.29 is 27.8 Å². The Morgan fingerprint density at radius 2 is 1.77 bits per heavy atom. The van der Waals surface area contributed by atoms with Crippen LogP contribution in [0.1, 0.15) is 28.2 Å². The van der Waals surface area contributed by atoms with Crippen LogP contribution in [0.15, 0.2) is 72.9 Å². The van der Waals surface area contributed by atoms with E-state index < -0.39 is 29.7 Å². The quantitative estimate of drug-likeness (QED) is 0.300. The van der Waals surface area contributed by atoms with E-state index in [0.29, 0.717) is 24.4 Å². The van der Waals surface area contributed by atoms with Gasteiger partial charge in [0.1, 0.15) is 11.9 Å². The normalized spacial score (nSPS) is 17.6. The highest BCUT2D eigenvalue weighted by Crippen LogP contribution is 2.42. The molecule has 2 heterocycles. The topological polar surface area (TPSA) is 66.7 Å². The van der Waals surface area contributed by atoms with Crippen molar-refractivity contribution in [3.8, 4) is 5.75 Å². The van der Waals surface area contributed by atoms with Crippen molar-refractivity contribution in [3.05, 3.63) is 95.2 Å². The van der Waals surface area contributed by atoms with Gasteiger partial charge in [0.2, 0.25) is 0 Å². The summed E-state index contributed by atoms with van der Waals surface area (Å²) in [4.78, 5) is 14.8. The third kappa shape index (κ3) is 5.44. The second-order valence-electron chi connectivity index (χ2n) is 10.1. The highest BCUT2D eigenvalue weighted by molar-refractivity contribution is 5.99. The second-order valence-corrected chi connectivity index (χ2v) is 10.1. The van der Waals surface area contributed by atoms with Crippen LogP contribution >= 0.6 is 0 Å². The van der Waals surface area contributed by atoms with Crippen LogP contribution < -0.4 is 15.0 Å². The van der Waals surface area contributed by atoms with Gasteiger partial charge in [-0.1, -0.05) is 36.4 Å². The number of aliphatic hydroxyl groups is 1. The van der Waals surface area contributed by atoms with Crippen LogP contribution in [-0.2, 0) is 30.9 Å². The largest absolute Gasteiger partial charge is 0.497 e. The number of anilines is 1. The van der Waals surface area contributed by atoms with Crippen LogP contribution in [0, 0.1) is 0 Å². The molecule has 210 valence electrons. The van der Waals surface area contributed by atoms with E-state index in [4.69, 9.17) is 4.74 Å². The van der Waals surface area contributed by atoms with Gasteiger partial charge in [0.05, 0.1) is 12.7 Å². The molecule has 4 aromatic rings. The van der Waals surface area contributed by atoms with Crippen LogP contribution in [0.25, 0.3) is 10.9 Å². The smallest absolute Gasteiger partial charge is 0.416 e. The molecule has 1 aliphatic heterocycles. The minimum Gasteiger partial charge on any atom is -0.497 e. The van der Waals surface area contributed by atoms with Gasteiger partial charge in [0.15, 0.2) is 0 Å². The number of hydrogen-bond donors (Lipinski definition) is 2. The molecule has 0 saturated carbocycles. The molecule has 1 unspecified atom stereocenters. The Hall–Kier alpha value is -3.82. The van der Waals surface area contributed by atoms with Crippen molar-refractivity contribution in [3.63, 3.8) is 0 Å². The Bertz CT molecular complexity index is 1500. The summed E-state index contributed by atoms with van der Waals surface area (Å²) in [5, 5.41) is 15.7. The maximum atomic E-state index is 14.1. The number of aromatic nitrogens is 1. The number of fused-ring (bicyclic) bond motifs is 2. The molecule has 9 heteroatoms. The van der Waals surface area contributed by atoms with Crippen molar-refractivity contribution in [1.82, 2.24) is 9.88 Å². The number of alkyl halides is 3. The minimum atomic E-state index is -4.60. The molecule has 1 amide bonds. The average molecular weight is 552 g/mol. The van der Waals surface area contributed by atoms with Crippen LogP contribution in [0.5, 0.6) is 5.75 Å². The first-order valence-corrected chi connectivity index (χ1v) is 13.2. The van der Waals surface area contributed by atoms with Gasteiger partial charge in [-0.2, -0.15) is 13.2 Å². The van der Waals surface area contributed by atoms with Gasteiger partial charge in [-0.05, 0) is 66.4 Å². The predicted octanol–water partition coefficient (Wildman–Crippen LogP) is 5.07. The molecule has 1 aliphatic rings. The molecule has 5 rings (SSSR count). The SMILES string of the molecule is COc1ccc(C2Cc3c(cccc3C(F)(F)F)N(CCNCCc3cn(C)c4ccccc34)C(=O)[C@@H]2O)cc1. The number of ether oxygens (including phenoxy) is 1. The Kier molecular flexibility index (Phi) is 7.87. The van der Waals surface area contributed by atoms with Crippen LogP contribution in [0.4, 0.5) is 18.9 Å². The van der Waals surface area contributed by atoms with Crippen molar-refractivity contribution >= 4 is 22.5 Å². The lowest BCUT2D eigenvalue weighted by molar-refractivity contribution is -0.138. The fraction of sp³-hybridized carbons (Fsp3) is 0.323. The molecule has 0 aliphatic carbocycles. The molecule has 3 aromatic carbocycles. The summed E-state index contributed by atoms with van der Waals surface area (Å²) in [5.41, 5.74) is 2.31. The number of carbonyl (C=O) groups excluding carboxylic acids is 1. The summed E-state index contributed by atoms with van der Waals surface area (Å²) in [6.45, 7) is 1.10. The fourth-order valence-electron chi connectivity index (χ4n) is 5.64. The third-order valence-electron chi connectivity index (χ3n) is 7.68. The first-order chi connectivity index (χ1) is 19.2. The van der Waals surface area contributed by atoms with E-state index in [-0.39, 0.29) is 24.2 Å². The fourth-order valence-corrected chi connectivity index (χ4v) is 5.64. The van der Waals surface area contributed by atoms with Crippen molar-refractivity contribution in [1.29, 1.82) is 0 Å². The summed E-state index contributed by atoms with van der Waals surface area (Å²) in [7, 11) is 3.51. The van der Waals surface area contributed by atoms with E-state index in [2.05, 4.69) is 28.2 Å². The van der Waals surface area contributed by atoms with Crippen molar-refractivity contribution in [2.75, 3.05) is 31.6 Å². The number of amides is 1. The second kappa shape index (κ2) is 11.3. The van der Waals surface area contributed by atoms with Crippen LogP contribution in [-0.4, -0.2) is 48.4 Å². The maximum absolute atomic E-state index is 14.1. The maximum Gasteiger partial charge on any atom is 0.416 e. The molecule has 0 spiro atoms. The molecule has 6 nitrogen and oxygen atoms in total. The van der Waals surface area contributed by atoms with E-state index in [1.807, 2.05) is 19.2 Å². The van der Waals surface area contributed by atoms with Gasteiger partial charge in [-0.25, -0.2) is 0 Å². The van der Waals surface area contributed by atoms with Gasteiger partial charge in [0.25, 0.3) is 5.91 Å². The highest BCUT2D eigenvalue weighted by atomic mass is 19.4. The lowest BCUT2D eigenvalue weighted by atomic mass is 9.86. The van der Waals surface area contributed by atoms with E-state index in [9.17, 15) is 23.1 Å². The van der Waals surface area contributed by atoms with Gasteiger partial charge in [0, 0.05) is 48.8 Å². The zero-order valence-electron chi connectivity index (χ0n) is 22.4. The number of nitrogens with zero attached hydrogens (tertiary/aromatic N) is 2. The Morgan fingerprint density at radius 1 is 1.02 bits per heavy atom. The van der Waals surface area contributed by atoms with Gasteiger partial charge < -0.3 is 24.6 Å². The molecule has 2 atom stereocenters. The molecule has 0 radical (unpaired) electrons. The molecule has 40 heavy (non-hydrogen) atoms. The first-order valence-electron chi connectivity index (χ1n) is 13.2. The molecular formula is C31H32F3N3O3. The summed E-state index contributed by atoms with van der Waals surface area (Å²) >= 11 is 0. The summed E-state index contributed by atoms with van der Waals surface area (Å²) < 4.78 is 49.5. The lowest BCUT2D eigenvalue weighted by Gasteiger charge is -2.26. The predicted molar refractivity (Wildman–Crippen MR) is 149 cm³/mol. The Labute approximate surface area is 231 Å². The van der Waals surface area contributed by atoms with Gasteiger partial charge in [-0.15, -0.1) is 0 Å². The number of aliphatic hydroxyl groups excluding tert-OH is 1. The zero-order valence-corrected chi connectivity index (χ0v) is 22.4. The Morgan fingerprint density at radius 3 is 2.50 bits per heavy atom. The molecule has 1 aromatic heterocycles. The van der Waals surface area contributed by atoms with Gasteiger partial charge in [-0.3, -0.25) is 4.79 Å². The monoisotopic (exact) mass is 551 g/mol. The van der Waals surface area contributed by atoms with E-state index in [1.165, 1.54) is 35.1 Å². The number of benzene rings is 3. The number of rotatable bonds is 8. The number of hydrogen-bond acceptors (Lipinski definition) is 4. The highest BCUT2D eigenvalue weighted by Gasteiger charge is 2.41.